The summed E-state index contributed by atoms with van der Waals surface area (Å²) in [7, 11) is 0. The van der Waals surface area contributed by atoms with E-state index in [4.69, 9.17) is 5.11 Å². The summed E-state index contributed by atoms with van der Waals surface area (Å²) < 4.78 is 0. The summed E-state index contributed by atoms with van der Waals surface area (Å²) in [6, 6.07) is -0.116. The van der Waals surface area contributed by atoms with Crippen LogP contribution in [-0.2, 0) is 4.79 Å². The van der Waals surface area contributed by atoms with Crippen LogP contribution in [0.5, 0.6) is 0 Å². The van der Waals surface area contributed by atoms with Crippen LogP contribution in [0.1, 0.15) is 39.0 Å². The zero-order valence-electron chi connectivity index (χ0n) is 9.66. The molecule has 0 aromatic carbocycles. The molecule has 0 heterocycles. The summed E-state index contributed by atoms with van der Waals surface area (Å²) in [5, 5.41) is 13.7. The number of carbonyl (C=O) groups is 2. The maximum Gasteiger partial charge on any atom is 0.315 e. The third-order valence-electron chi connectivity index (χ3n) is 2.71. The quantitative estimate of drug-likeness (QED) is 0.615. The SMILES string of the molecule is CC(CCC1CC1)NC(=O)NCCC(=O)O. The molecule has 5 heteroatoms. The van der Waals surface area contributed by atoms with Gasteiger partial charge in [-0.05, 0) is 25.7 Å². The number of carboxylic acids is 1. The second-order valence-corrected chi connectivity index (χ2v) is 4.47. The second kappa shape index (κ2) is 6.35. The molecule has 1 aliphatic rings. The lowest BCUT2D eigenvalue weighted by Crippen LogP contribution is -2.41. The molecule has 3 N–H and O–H groups in total. The van der Waals surface area contributed by atoms with Crippen LogP contribution in [0, 0.1) is 5.92 Å². The highest BCUT2D eigenvalue weighted by atomic mass is 16.4. The van der Waals surface area contributed by atoms with Crippen molar-refractivity contribution in [2.45, 2.75) is 45.1 Å². The van der Waals surface area contributed by atoms with Gasteiger partial charge in [0.05, 0.1) is 6.42 Å². The number of amides is 2. The number of nitrogens with one attached hydrogen (secondary N) is 2. The predicted octanol–water partition coefficient (Wildman–Crippen LogP) is 1.34. The van der Waals surface area contributed by atoms with Gasteiger partial charge in [0.25, 0.3) is 0 Å². The lowest BCUT2D eigenvalue weighted by Gasteiger charge is -2.13. The highest BCUT2D eigenvalue weighted by molar-refractivity contribution is 5.75. The van der Waals surface area contributed by atoms with Crippen LogP contribution in [0.25, 0.3) is 0 Å². The standard InChI is InChI=1S/C11H20N2O3/c1-8(2-3-9-4-5-9)13-11(16)12-7-6-10(14)15/h8-9H,2-7H2,1H3,(H,14,15)(H2,12,13,16). The Morgan fingerprint density at radius 2 is 2.12 bits per heavy atom. The van der Waals surface area contributed by atoms with Crippen LogP contribution in [0.4, 0.5) is 4.79 Å². The summed E-state index contributed by atoms with van der Waals surface area (Å²) in [5.41, 5.74) is 0. The normalized spacial score (nSPS) is 16.6. The monoisotopic (exact) mass is 228 g/mol. The van der Waals surface area contributed by atoms with E-state index in [-0.39, 0.29) is 25.0 Å². The molecule has 1 fully saturated rings. The number of hydrogen-bond donors (Lipinski definition) is 3. The number of rotatable bonds is 7. The van der Waals surface area contributed by atoms with Gasteiger partial charge in [0.1, 0.15) is 0 Å². The predicted molar refractivity (Wildman–Crippen MR) is 60.2 cm³/mol. The van der Waals surface area contributed by atoms with Crippen molar-refractivity contribution in [3.05, 3.63) is 0 Å². The molecule has 1 aliphatic carbocycles. The van der Waals surface area contributed by atoms with E-state index in [2.05, 4.69) is 10.6 Å². The zero-order chi connectivity index (χ0) is 12.0. The van der Waals surface area contributed by atoms with Gasteiger partial charge < -0.3 is 15.7 Å². The van der Waals surface area contributed by atoms with Crippen molar-refractivity contribution >= 4 is 12.0 Å². The largest absolute Gasteiger partial charge is 0.481 e. The molecule has 5 nitrogen and oxygen atoms in total. The highest BCUT2D eigenvalue weighted by Gasteiger charge is 2.21. The lowest BCUT2D eigenvalue weighted by atomic mass is 10.1. The molecule has 2 amide bonds. The first-order chi connectivity index (χ1) is 7.58. The molecule has 92 valence electrons. The number of hydrogen-bond acceptors (Lipinski definition) is 2. The smallest absolute Gasteiger partial charge is 0.315 e. The van der Waals surface area contributed by atoms with Gasteiger partial charge in [0, 0.05) is 12.6 Å². The molecule has 1 atom stereocenters. The Morgan fingerprint density at radius 3 is 2.69 bits per heavy atom. The first kappa shape index (κ1) is 12.8. The molecular formula is C11H20N2O3. The topological polar surface area (TPSA) is 78.4 Å². The Labute approximate surface area is 95.6 Å². The highest BCUT2D eigenvalue weighted by Crippen LogP contribution is 2.33. The molecular weight excluding hydrogens is 208 g/mol. The molecule has 1 rings (SSSR count). The summed E-state index contributed by atoms with van der Waals surface area (Å²) in [5.74, 6) is -0.0265. The van der Waals surface area contributed by atoms with Crippen LogP contribution < -0.4 is 10.6 Å². The molecule has 0 saturated heterocycles. The Balaban J connectivity index is 2.00. The second-order valence-electron chi connectivity index (χ2n) is 4.47. The van der Waals surface area contributed by atoms with Gasteiger partial charge in [-0.25, -0.2) is 4.79 Å². The maximum absolute atomic E-state index is 11.3. The molecule has 0 bridgehead atoms. The van der Waals surface area contributed by atoms with E-state index in [9.17, 15) is 9.59 Å². The fourth-order valence-corrected chi connectivity index (χ4v) is 1.52. The number of urea groups is 1. The van der Waals surface area contributed by atoms with Gasteiger partial charge in [-0.1, -0.05) is 12.8 Å². The molecule has 16 heavy (non-hydrogen) atoms. The Bertz CT molecular complexity index is 252. The van der Waals surface area contributed by atoms with Crippen molar-refractivity contribution in [1.29, 1.82) is 0 Å². The number of carbonyl (C=O) groups excluding carboxylic acids is 1. The van der Waals surface area contributed by atoms with E-state index in [0.717, 1.165) is 12.3 Å². The van der Waals surface area contributed by atoms with Crippen molar-refractivity contribution in [1.82, 2.24) is 10.6 Å². The third-order valence-corrected chi connectivity index (χ3v) is 2.71. The van der Waals surface area contributed by atoms with E-state index < -0.39 is 5.97 Å². The Kier molecular flexibility index (Phi) is 5.08. The molecule has 0 spiro atoms. The number of carboxylic acid groups (broad SMARTS) is 1. The van der Waals surface area contributed by atoms with Gasteiger partial charge in [-0.15, -0.1) is 0 Å². The van der Waals surface area contributed by atoms with E-state index >= 15 is 0 Å². The van der Waals surface area contributed by atoms with E-state index in [0.29, 0.717) is 0 Å². The lowest BCUT2D eigenvalue weighted by molar-refractivity contribution is -0.136. The fourth-order valence-electron chi connectivity index (χ4n) is 1.52. The zero-order valence-corrected chi connectivity index (χ0v) is 9.66. The first-order valence-corrected chi connectivity index (χ1v) is 5.84. The fraction of sp³-hybridized carbons (Fsp3) is 0.818. The molecule has 0 aromatic heterocycles. The minimum atomic E-state index is -0.901. The van der Waals surface area contributed by atoms with E-state index in [1.165, 1.54) is 19.3 Å². The van der Waals surface area contributed by atoms with Gasteiger partial charge in [0.2, 0.25) is 0 Å². The minimum absolute atomic E-state index is 0.0378. The van der Waals surface area contributed by atoms with Gasteiger partial charge in [-0.3, -0.25) is 4.79 Å². The van der Waals surface area contributed by atoms with Crippen LogP contribution in [0.15, 0.2) is 0 Å². The van der Waals surface area contributed by atoms with E-state index in [1.807, 2.05) is 6.92 Å². The third kappa shape index (κ3) is 6.27. The summed E-state index contributed by atoms with van der Waals surface area (Å²) in [6.07, 6.45) is 4.80. The van der Waals surface area contributed by atoms with Crippen LogP contribution in [0.2, 0.25) is 0 Å². The molecule has 0 radical (unpaired) electrons. The van der Waals surface area contributed by atoms with Crippen LogP contribution in [-0.4, -0.2) is 29.7 Å². The van der Waals surface area contributed by atoms with Gasteiger partial charge >= 0.3 is 12.0 Å². The van der Waals surface area contributed by atoms with Crippen molar-refractivity contribution in [2.75, 3.05) is 6.54 Å². The molecule has 1 saturated carbocycles. The van der Waals surface area contributed by atoms with Crippen molar-refractivity contribution in [2.24, 2.45) is 5.92 Å². The number of aliphatic carboxylic acids is 1. The van der Waals surface area contributed by atoms with Crippen molar-refractivity contribution in [3.63, 3.8) is 0 Å². The van der Waals surface area contributed by atoms with Crippen LogP contribution >= 0.6 is 0 Å². The molecule has 0 aliphatic heterocycles. The minimum Gasteiger partial charge on any atom is -0.481 e. The average molecular weight is 228 g/mol. The molecule has 1 unspecified atom stereocenters. The average Bonchev–Trinajstić information content (AvgIpc) is 2.97. The van der Waals surface area contributed by atoms with Crippen molar-refractivity contribution in [3.8, 4) is 0 Å². The van der Waals surface area contributed by atoms with E-state index in [1.54, 1.807) is 0 Å². The Hall–Kier alpha value is -1.26. The van der Waals surface area contributed by atoms with Crippen molar-refractivity contribution < 1.29 is 14.7 Å². The Morgan fingerprint density at radius 1 is 1.44 bits per heavy atom. The van der Waals surface area contributed by atoms with Gasteiger partial charge in [0.15, 0.2) is 0 Å². The van der Waals surface area contributed by atoms with Gasteiger partial charge in [-0.2, -0.15) is 0 Å². The molecule has 0 aromatic rings. The first-order valence-electron chi connectivity index (χ1n) is 5.84. The summed E-state index contributed by atoms with van der Waals surface area (Å²) in [6.45, 7) is 2.15. The summed E-state index contributed by atoms with van der Waals surface area (Å²) in [4.78, 5) is 21.5. The maximum atomic E-state index is 11.3. The van der Waals surface area contributed by atoms with Crippen LogP contribution in [0.3, 0.4) is 0 Å². The summed E-state index contributed by atoms with van der Waals surface area (Å²) >= 11 is 0.